The number of ether oxygens (including phenoxy) is 1. The molecule has 0 saturated heterocycles. The van der Waals surface area contributed by atoms with Gasteiger partial charge in [-0.05, 0) is 19.8 Å². The molecule has 0 amide bonds. The first-order valence-electron chi connectivity index (χ1n) is 7.94. The molecule has 0 fully saturated rings. The third-order valence-corrected chi connectivity index (χ3v) is 3.40. The largest absolute Gasteiger partial charge is 0.477 e. The molecule has 1 aromatic heterocycles. The lowest BCUT2D eigenvalue weighted by atomic mass is 10.1. The number of aryl methyl sites for hydroxylation is 1. The fourth-order valence-electron chi connectivity index (χ4n) is 2.09. The standard InChI is InChI=1S/C16H29N3O/c1-4-6-7-8-9-10-12-20-16-13(3)15(17)18-14(19-16)11-5-2/h4-12H2,1-3H3,(H2,17,18,19). The van der Waals surface area contributed by atoms with Crippen LogP contribution < -0.4 is 10.5 Å². The highest BCUT2D eigenvalue weighted by Crippen LogP contribution is 2.20. The summed E-state index contributed by atoms with van der Waals surface area (Å²) in [5.74, 6) is 1.99. The first-order chi connectivity index (χ1) is 9.69. The molecule has 4 nitrogen and oxygen atoms in total. The Balaban J connectivity index is 2.38. The zero-order valence-corrected chi connectivity index (χ0v) is 13.2. The lowest BCUT2D eigenvalue weighted by Gasteiger charge is -2.11. The fraction of sp³-hybridized carbons (Fsp3) is 0.750. The summed E-state index contributed by atoms with van der Waals surface area (Å²) >= 11 is 0. The van der Waals surface area contributed by atoms with Crippen molar-refractivity contribution in [3.63, 3.8) is 0 Å². The molecule has 0 spiro atoms. The van der Waals surface area contributed by atoms with Crippen molar-refractivity contribution < 1.29 is 4.74 Å². The van der Waals surface area contributed by atoms with E-state index in [0.29, 0.717) is 11.7 Å². The number of nitrogens with two attached hydrogens (primary N) is 1. The van der Waals surface area contributed by atoms with E-state index < -0.39 is 0 Å². The lowest BCUT2D eigenvalue weighted by molar-refractivity contribution is 0.290. The monoisotopic (exact) mass is 279 g/mol. The van der Waals surface area contributed by atoms with Crippen LogP contribution in [0.3, 0.4) is 0 Å². The van der Waals surface area contributed by atoms with Gasteiger partial charge in [0.1, 0.15) is 11.6 Å². The summed E-state index contributed by atoms with van der Waals surface area (Å²) in [6.45, 7) is 6.98. The van der Waals surface area contributed by atoms with Crippen molar-refractivity contribution in [3.8, 4) is 5.88 Å². The van der Waals surface area contributed by atoms with Crippen molar-refractivity contribution in [2.45, 2.75) is 72.1 Å². The molecule has 0 radical (unpaired) electrons. The molecule has 0 unspecified atom stereocenters. The van der Waals surface area contributed by atoms with Crippen LogP contribution in [0.5, 0.6) is 5.88 Å². The average molecular weight is 279 g/mol. The molecule has 0 aromatic carbocycles. The van der Waals surface area contributed by atoms with Gasteiger partial charge in [-0.25, -0.2) is 4.98 Å². The molecule has 0 atom stereocenters. The molecule has 0 bridgehead atoms. The summed E-state index contributed by atoms with van der Waals surface area (Å²) in [6, 6.07) is 0. The second-order valence-electron chi connectivity index (χ2n) is 5.32. The number of nitrogen functional groups attached to an aromatic ring is 1. The molecule has 1 aromatic rings. The van der Waals surface area contributed by atoms with E-state index in [9.17, 15) is 0 Å². The Morgan fingerprint density at radius 1 is 0.950 bits per heavy atom. The number of unbranched alkanes of at least 4 members (excludes halogenated alkanes) is 5. The third kappa shape index (κ3) is 5.76. The smallest absolute Gasteiger partial charge is 0.221 e. The molecule has 0 aliphatic heterocycles. The molecule has 0 saturated carbocycles. The van der Waals surface area contributed by atoms with E-state index >= 15 is 0 Å². The maximum absolute atomic E-state index is 5.91. The van der Waals surface area contributed by atoms with E-state index in [1.807, 2.05) is 6.92 Å². The van der Waals surface area contributed by atoms with Gasteiger partial charge in [0, 0.05) is 6.42 Å². The van der Waals surface area contributed by atoms with Crippen LogP contribution >= 0.6 is 0 Å². The normalized spacial score (nSPS) is 10.8. The van der Waals surface area contributed by atoms with Gasteiger partial charge in [-0.1, -0.05) is 46.0 Å². The fourth-order valence-corrected chi connectivity index (χ4v) is 2.09. The van der Waals surface area contributed by atoms with E-state index in [1.54, 1.807) is 0 Å². The van der Waals surface area contributed by atoms with E-state index in [1.165, 1.54) is 32.1 Å². The second-order valence-corrected chi connectivity index (χ2v) is 5.32. The zero-order chi connectivity index (χ0) is 14.8. The molecule has 1 rings (SSSR count). The van der Waals surface area contributed by atoms with Crippen LogP contribution in [0.15, 0.2) is 0 Å². The number of anilines is 1. The summed E-state index contributed by atoms with van der Waals surface area (Å²) in [6.07, 6.45) is 9.41. The van der Waals surface area contributed by atoms with Gasteiger partial charge in [-0.15, -0.1) is 0 Å². The van der Waals surface area contributed by atoms with Gasteiger partial charge in [0.15, 0.2) is 0 Å². The first-order valence-corrected chi connectivity index (χ1v) is 7.94. The SMILES string of the molecule is CCCCCCCCOc1nc(CCC)nc(N)c1C. The van der Waals surface area contributed by atoms with Crippen LogP contribution in [0.1, 0.15) is 70.2 Å². The van der Waals surface area contributed by atoms with Crippen molar-refractivity contribution >= 4 is 5.82 Å². The van der Waals surface area contributed by atoms with Crippen LogP contribution in [0.2, 0.25) is 0 Å². The second kappa shape index (κ2) is 9.56. The highest BCUT2D eigenvalue weighted by molar-refractivity contribution is 5.44. The van der Waals surface area contributed by atoms with Gasteiger partial charge in [-0.2, -0.15) is 4.98 Å². The van der Waals surface area contributed by atoms with Gasteiger partial charge in [0.05, 0.1) is 12.2 Å². The predicted molar refractivity (Wildman–Crippen MR) is 84.0 cm³/mol. The van der Waals surface area contributed by atoms with Gasteiger partial charge < -0.3 is 10.5 Å². The van der Waals surface area contributed by atoms with Crippen LogP contribution in [0.25, 0.3) is 0 Å². The molecule has 114 valence electrons. The van der Waals surface area contributed by atoms with Crippen molar-refractivity contribution in [2.75, 3.05) is 12.3 Å². The molecule has 0 aliphatic carbocycles. The summed E-state index contributed by atoms with van der Waals surface area (Å²) in [5, 5.41) is 0. The third-order valence-electron chi connectivity index (χ3n) is 3.40. The molecule has 0 aliphatic rings. The molecule has 1 heterocycles. The number of hydrogen-bond acceptors (Lipinski definition) is 4. The zero-order valence-electron chi connectivity index (χ0n) is 13.2. The number of hydrogen-bond donors (Lipinski definition) is 1. The van der Waals surface area contributed by atoms with Gasteiger partial charge in [0.2, 0.25) is 5.88 Å². The maximum atomic E-state index is 5.91. The Bertz CT molecular complexity index is 394. The van der Waals surface area contributed by atoms with Crippen LogP contribution in [-0.4, -0.2) is 16.6 Å². The summed E-state index contributed by atoms with van der Waals surface area (Å²) in [7, 11) is 0. The highest BCUT2D eigenvalue weighted by atomic mass is 16.5. The van der Waals surface area contributed by atoms with Crippen LogP contribution in [0.4, 0.5) is 5.82 Å². The Kier molecular flexibility index (Phi) is 8.00. The van der Waals surface area contributed by atoms with Crippen molar-refractivity contribution in [3.05, 3.63) is 11.4 Å². The maximum Gasteiger partial charge on any atom is 0.221 e. The van der Waals surface area contributed by atoms with Gasteiger partial charge in [0.25, 0.3) is 0 Å². The van der Waals surface area contributed by atoms with Gasteiger partial charge >= 0.3 is 0 Å². The topological polar surface area (TPSA) is 61.0 Å². The lowest BCUT2D eigenvalue weighted by Crippen LogP contribution is -2.08. The summed E-state index contributed by atoms with van der Waals surface area (Å²) < 4.78 is 5.78. The predicted octanol–water partition coefficient (Wildman–Crippen LogP) is 4.06. The van der Waals surface area contributed by atoms with Gasteiger partial charge in [-0.3, -0.25) is 0 Å². The minimum Gasteiger partial charge on any atom is -0.477 e. The van der Waals surface area contributed by atoms with Crippen LogP contribution in [-0.2, 0) is 6.42 Å². The minimum absolute atomic E-state index is 0.543. The number of nitrogens with zero attached hydrogens (tertiary/aromatic N) is 2. The van der Waals surface area contributed by atoms with Crippen molar-refractivity contribution in [2.24, 2.45) is 0 Å². The Hall–Kier alpha value is -1.32. The summed E-state index contributed by atoms with van der Waals surface area (Å²) in [4.78, 5) is 8.74. The Labute approximate surface area is 123 Å². The van der Waals surface area contributed by atoms with Crippen molar-refractivity contribution in [1.29, 1.82) is 0 Å². The van der Waals surface area contributed by atoms with E-state index in [0.717, 1.165) is 37.3 Å². The quantitative estimate of drug-likeness (QED) is 0.656. The average Bonchev–Trinajstić information content (AvgIpc) is 2.43. The molecule has 4 heteroatoms. The molecule has 2 N–H and O–H groups in total. The Morgan fingerprint density at radius 3 is 2.35 bits per heavy atom. The molecular weight excluding hydrogens is 250 g/mol. The number of rotatable bonds is 10. The van der Waals surface area contributed by atoms with E-state index in [2.05, 4.69) is 23.8 Å². The highest BCUT2D eigenvalue weighted by Gasteiger charge is 2.09. The van der Waals surface area contributed by atoms with Crippen LogP contribution in [0, 0.1) is 6.92 Å². The molecular formula is C16H29N3O. The van der Waals surface area contributed by atoms with E-state index in [-0.39, 0.29) is 0 Å². The van der Waals surface area contributed by atoms with E-state index in [4.69, 9.17) is 10.5 Å². The first kappa shape index (κ1) is 16.7. The number of aromatic nitrogens is 2. The summed E-state index contributed by atoms with van der Waals surface area (Å²) in [5.41, 5.74) is 6.76. The minimum atomic E-state index is 0.543. The van der Waals surface area contributed by atoms with Crippen molar-refractivity contribution in [1.82, 2.24) is 9.97 Å². The Morgan fingerprint density at radius 2 is 1.65 bits per heavy atom. The molecule has 20 heavy (non-hydrogen) atoms.